The highest BCUT2D eigenvalue weighted by molar-refractivity contribution is 7.92. The maximum Gasteiger partial charge on any atom is 0.578 e. The first kappa shape index (κ1) is 26.5. The second-order valence-electron chi connectivity index (χ2n) is 10.3. The molecule has 8 heteroatoms. The molecule has 2 aromatic rings. The standard InChI is InChI=1S/C27H36F3N3OS/c1-19-12-23(15-25(13-19)35(34)27(28,29)30)21-8-7-20(2)24(14-21)17-33-9-5-6-22(16-33)26-18-31(3)10-11-32(26)4/h7-8,12-15,22,26H,5-6,9-11,16-18H2,1-4H3. The Balaban J connectivity index is 1.53. The Kier molecular flexibility index (Phi) is 8.18. The summed E-state index contributed by atoms with van der Waals surface area (Å²) in [5, 5.41) is 0. The van der Waals surface area contributed by atoms with Gasteiger partial charge in [0, 0.05) is 44.8 Å². The summed E-state index contributed by atoms with van der Waals surface area (Å²) in [5.41, 5.74) is -0.207. The molecule has 2 aromatic carbocycles. The van der Waals surface area contributed by atoms with E-state index in [1.807, 2.05) is 18.2 Å². The molecule has 0 amide bonds. The number of aryl methyl sites for hydroxylation is 2. The third-order valence-corrected chi connectivity index (χ3v) is 8.62. The molecule has 0 aliphatic carbocycles. The van der Waals surface area contributed by atoms with Gasteiger partial charge >= 0.3 is 5.51 Å². The van der Waals surface area contributed by atoms with E-state index in [-0.39, 0.29) is 4.90 Å². The smallest absolute Gasteiger partial charge is 0.578 e. The van der Waals surface area contributed by atoms with Crippen molar-refractivity contribution in [1.29, 1.82) is 0 Å². The van der Waals surface area contributed by atoms with E-state index in [0.717, 1.165) is 44.8 Å². The molecule has 0 N–H and O–H groups in total. The average molecular weight is 508 g/mol. The van der Waals surface area contributed by atoms with E-state index >= 15 is 0 Å². The van der Waals surface area contributed by atoms with E-state index in [4.69, 9.17) is 0 Å². The van der Waals surface area contributed by atoms with Crippen LogP contribution in [0.25, 0.3) is 11.1 Å². The van der Waals surface area contributed by atoms with Gasteiger partial charge in [-0.3, -0.25) is 4.90 Å². The molecule has 2 fully saturated rings. The van der Waals surface area contributed by atoms with Crippen LogP contribution in [0.15, 0.2) is 41.3 Å². The molecule has 2 saturated heterocycles. The van der Waals surface area contributed by atoms with Crippen molar-refractivity contribution in [2.75, 3.05) is 46.8 Å². The molecule has 3 atom stereocenters. The van der Waals surface area contributed by atoms with Crippen LogP contribution in [0.4, 0.5) is 13.2 Å². The van der Waals surface area contributed by atoms with Gasteiger partial charge < -0.3 is 14.4 Å². The predicted octanol–water partition coefficient (Wildman–Crippen LogP) is 5.06. The van der Waals surface area contributed by atoms with Crippen molar-refractivity contribution in [2.45, 2.75) is 49.7 Å². The largest absolute Gasteiger partial charge is 0.604 e. The van der Waals surface area contributed by atoms with Crippen LogP contribution in [0.5, 0.6) is 0 Å². The molecule has 0 radical (unpaired) electrons. The van der Waals surface area contributed by atoms with Gasteiger partial charge in [0.15, 0.2) is 4.90 Å². The minimum atomic E-state index is -4.77. The fraction of sp³-hybridized carbons (Fsp3) is 0.556. The quantitative estimate of drug-likeness (QED) is 0.530. The first-order valence-corrected chi connectivity index (χ1v) is 13.5. The number of hydrogen-bond acceptors (Lipinski definition) is 4. The lowest BCUT2D eigenvalue weighted by Gasteiger charge is -2.45. The van der Waals surface area contributed by atoms with Gasteiger partial charge in [0.2, 0.25) is 0 Å². The first-order chi connectivity index (χ1) is 16.5. The zero-order chi connectivity index (χ0) is 25.3. The average Bonchev–Trinajstić information content (AvgIpc) is 2.80. The number of piperazine rings is 1. The van der Waals surface area contributed by atoms with Crippen LogP contribution in [-0.2, 0) is 17.7 Å². The number of likely N-dealkylation sites (tertiary alicyclic amines) is 1. The molecular weight excluding hydrogens is 471 g/mol. The second-order valence-corrected chi connectivity index (χ2v) is 11.8. The highest BCUT2D eigenvalue weighted by Gasteiger charge is 2.46. The maximum absolute atomic E-state index is 13.1. The molecule has 0 spiro atoms. The van der Waals surface area contributed by atoms with Gasteiger partial charge in [-0.05, 0) is 93.2 Å². The number of hydrogen-bond donors (Lipinski definition) is 0. The topological polar surface area (TPSA) is 32.8 Å². The minimum Gasteiger partial charge on any atom is -0.604 e. The number of piperidine rings is 1. The molecule has 3 unspecified atom stereocenters. The lowest BCUT2D eigenvalue weighted by Crippen LogP contribution is -2.56. The molecule has 4 rings (SSSR count). The predicted molar refractivity (Wildman–Crippen MR) is 136 cm³/mol. The van der Waals surface area contributed by atoms with E-state index in [2.05, 4.69) is 41.8 Å². The molecule has 2 aliphatic rings. The van der Waals surface area contributed by atoms with Crippen molar-refractivity contribution >= 4 is 11.2 Å². The molecule has 2 heterocycles. The lowest BCUT2D eigenvalue weighted by atomic mass is 9.88. The maximum atomic E-state index is 13.1. The Labute approximate surface area is 210 Å². The monoisotopic (exact) mass is 507 g/mol. The molecule has 35 heavy (non-hydrogen) atoms. The van der Waals surface area contributed by atoms with Gasteiger partial charge in [0.05, 0.1) is 11.2 Å². The second kappa shape index (κ2) is 10.8. The van der Waals surface area contributed by atoms with Gasteiger partial charge in [-0.25, -0.2) is 0 Å². The molecule has 2 aliphatic heterocycles. The van der Waals surface area contributed by atoms with Crippen LogP contribution >= 0.6 is 0 Å². The third-order valence-electron chi connectivity index (χ3n) is 7.54. The van der Waals surface area contributed by atoms with E-state index in [1.54, 1.807) is 6.92 Å². The highest BCUT2D eigenvalue weighted by atomic mass is 32.2. The van der Waals surface area contributed by atoms with E-state index in [0.29, 0.717) is 23.1 Å². The third kappa shape index (κ3) is 6.41. The molecule has 192 valence electrons. The number of nitrogens with zero attached hydrogens (tertiary/aromatic N) is 3. The summed E-state index contributed by atoms with van der Waals surface area (Å²) in [6, 6.07) is 11.3. The Morgan fingerprint density at radius 2 is 1.74 bits per heavy atom. The van der Waals surface area contributed by atoms with E-state index in [9.17, 15) is 17.7 Å². The number of alkyl halides is 3. The summed E-state index contributed by atoms with van der Waals surface area (Å²) in [6.45, 7) is 10.1. The van der Waals surface area contributed by atoms with Crippen molar-refractivity contribution in [3.8, 4) is 11.1 Å². The van der Waals surface area contributed by atoms with Crippen molar-refractivity contribution in [2.24, 2.45) is 5.92 Å². The van der Waals surface area contributed by atoms with E-state index < -0.39 is 16.7 Å². The summed E-state index contributed by atoms with van der Waals surface area (Å²) < 4.78 is 51.2. The fourth-order valence-corrected chi connectivity index (χ4v) is 6.31. The Morgan fingerprint density at radius 3 is 2.49 bits per heavy atom. The number of likely N-dealkylation sites (N-methyl/N-ethyl adjacent to an activating group) is 2. The van der Waals surface area contributed by atoms with Crippen LogP contribution in [0.2, 0.25) is 0 Å². The van der Waals surface area contributed by atoms with Crippen molar-refractivity contribution in [1.82, 2.24) is 14.7 Å². The Morgan fingerprint density at radius 1 is 0.971 bits per heavy atom. The van der Waals surface area contributed by atoms with Crippen LogP contribution in [0, 0.1) is 19.8 Å². The van der Waals surface area contributed by atoms with Crippen molar-refractivity contribution in [3.63, 3.8) is 0 Å². The summed E-state index contributed by atoms with van der Waals surface area (Å²) in [4.78, 5) is 7.28. The first-order valence-electron chi connectivity index (χ1n) is 12.3. The normalized spacial score (nSPS) is 24.0. The Hall–Kier alpha value is -1.58. The van der Waals surface area contributed by atoms with Gasteiger partial charge in [-0.15, -0.1) is 13.2 Å². The van der Waals surface area contributed by atoms with Gasteiger partial charge in [0.25, 0.3) is 0 Å². The van der Waals surface area contributed by atoms with Crippen molar-refractivity contribution in [3.05, 3.63) is 53.1 Å². The number of halogens is 3. The molecule has 0 aromatic heterocycles. The van der Waals surface area contributed by atoms with Crippen molar-refractivity contribution < 1.29 is 17.7 Å². The summed E-state index contributed by atoms with van der Waals surface area (Å²) in [6.07, 6.45) is 2.43. The van der Waals surface area contributed by atoms with Gasteiger partial charge in [0.1, 0.15) is 0 Å². The van der Waals surface area contributed by atoms with Crippen LogP contribution in [-0.4, -0.2) is 77.6 Å². The highest BCUT2D eigenvalue weighted by Crippen LogP contribution is 2.34. The zero-order valence-electron chi connectivity index (χ0n) is 21.1. The molecular formula is C27H36F3N3OS. The van der Waals surface area contributed by atoms with Gasteiger partial charge in [-0.2, -0.15) is 0 Å². The lowest BCUT2D eigenvalue weighted by molar-refractivity contribution is -0.0435. The molecule has 0 saturated carbocycles. The minimum absolute atomic E-state index is 0.199. The van der Waals surface area contributed by atoms with Crippen LogP contribution < -0.4 is 0 Å². The van der Waals surface area contributed by atoms with Crippen LogP contribution in [0.1, 0.15) is 29.5 Å². The summed E-state index contributed by atoms with van der Waals surface area (Å²) in [7, 11) is 4.45. The summed E-state index contributed by atoms with van der Waals surface area (Å²) >= 11 is -3.04. The molecule has 0 bridgehead atoms. The summed E-state index contributed by atoms with van der Waals surface area (Å²) in [5.74, 6) is 0.636. The van der Waals surface area contributed by atoms with Gasteiger partial charge in [-0.1, -0.05) is 18.2 Å². The fourth-order valence-electron chi connectivity index (χ4n) is 5.52. The number of rotatable bonds is 5. The number of benzene rings is 2. The van der Waals surface area contributed by atoms with E-state index in [1.165, 1.54) is 36.1 Å². The Bertz CT molecular complexity index is 1030. The van der Waals surface area contributed by atoms with Crippen LogP contribution in [0.3, 0.4) is 0 Å². The SMILES string of the molecule is Cc1cc(-c2ccc(C)c(CN3CCCC(C4CN(C)CCN4C)C3)c2)cc([S+]([O-])C(F)(F)F)c1. The molecule has 4 nitrogen and oxygen atoms in total. The zero-order valence-corrected chi connectivity index (χ0v) is 21.9.